The number of rotatable bonds is 0. The van der Waals surface area contributed by atoms with Gasteiger partial charge in [0.2, 0.25) is 0 Å². The molecule has 2 nitrogen and oxygen atoms in total. The Kier molecular flexibility index (Phi) is 2.32. The minimum Gasteiger partial charge on any atom is -0.507 e. The van der Waals surface area contributed by atoms with Crippen LogP contribution in [0.2, 0.25) is 0 Å². The van der Waals surface area contributed by atoms with Crippen molar-refractivity contribution in [3.05, 3.63) is 57.6 Å². The van der Waals surface area contributed by atoms with Crippen LogP contribution in [0.15, 0.2) is 24.3 Å². The number of aromatic hydroxyl groups is 1. The Labute approximate surface area is 125 Å². The van der Waals surface area contributed by atoms with Crippen molar-refractivity contribution >= 4 is 5.69 Å². The molecule has 1 aliphatic heterocycles. The normalized spacial score (nSPS) is 25.2. The Morgan fingerprint density at radius 3 is 2.57 bits per heavy atom. The molecule has 2 heteroatoms. The molecule has 0 amide bonds. The first-order valence-electron chi connectivity index (χ1n) is 7.62. The standard InChI is InChI=1S/C19H21NO/c1-10-11(2)18(21)12(3)16-14(10)9-19(4)17(16)13-7-5-6-8-15(13)20-19/h5-8,17,20-21H,9H2,1-4H3/t17-,19+/m1/s1. The van der Waals surface area contributed by atoms with E-state index in [0.717, 1.165) is 17.5 Å². The lowest BCUT2D eigenvalue weighted by atomic mass is 9.82. The summed E-state index contributed by atoms with van der Waals surface area (Å²) < 4.78 is 0. The van der Waals surface area contributed by atoms with Crippen molar-refractivity contribution in [3.63, 3.8) is 0 Å². The Morgan fingerprint density at radius 1 is 1.10 bits per heavy atom. The predicted molar refractivity (Wildman–Crippen MR) is 86.3 cm³/mol. The van der Waals surface area contributed by atoms with Gasteiger partial charge in [-0.05, 0) is 73.6 Å². The number of anilines is 1. The van der Waals surface area contributed by atoms with Crippen molar-refractivity contribution < 1.29 is 5.11 Å². The number of benzene rings is 2. The molecule has 0 unspecified atom stereocenters. The van der Waals surface area contributed by atoms with Crippen LogP contribution in [0.4, 0.5) is 5.69 Å². The molecule has 4 rings (SSSR count). The van der Waals surface area contributed by atoms with Crippen molar-refractivity contribution in [3.8, 4) is 5.75 Å². The first kappa shape index (κ1) is 12.8. The molecule has 0 radical (unpaired) electrons. The first-order valence-corrected chi connectivity index (χ1v) is 7.62. The maximum atomic E-state index is 10.5. The van der Waals surface area contributed by atoms with E-state index in [1.165, 1.54) is 27.9 Å². The molecule has 1 heterocycles. The fraction of sp³-hybridized carbons (Fsp3) is 0.368. The van der Waals surface area contributed by atoms with Crippen molar-refractivity contribution in [1.82, 2.24) is 0 Å². The molecule has 21 heavy (non-hydrogen) atoms. The van der Waals surface area contributed by atoms with Crippen molar-refractivity contribution in [2.75, 3.05) is 5.32 Å². The second-order valence-corrected chi connectivity index (χ2v) is 6.86. The lowest BCUT2D eigenvalue weighted by Gasteiger charge is -2.26. The highest BCUT2D eigenvalue weighted by atomic mass is 16.3. The number of phenols is 1. The summed E-state index contributed by atoms with van der Waals surface area (Å²) in [6.45, 7) is 8.54. The van der Waals surface area contributed by atoms with Gasteiger partial charge in [0.25, 0.3) is 0 Å². The summed E-state index contributed by atoms with van der Waals surface area (Å²) in [6.07, 6.45) is 1.02. The predicted octanol–water partition coefficient (Wildman–Crippen LogP) is 4.19. The van der Waals surface area contributed by atoms with Gasteiger partial charge >= 0.3 is 0 Å². The van der Waals surface area contributed by atoms with Crippen molar-refractivity contribution in [2.45, 2.75) is 45.6 Å². The van der Waals surface area contributed by atoms with Crippen LogP contribution >= 0.6 is 0 Å². The van der Waals surface area contributed by atoms with Gasteiger partial charge in [0.15, 0.2) is 0 Å². The second-order valence-electron chi connectivity index (χ2n) is 6.86. The summed E-state index contributed by atoms with van der Waals surface area (Å²) in [5, 5.41) is 14.2. The molecule has 0 saturated heterocycles. The van der Waals surface area contributed by atoms with E-state index in [9.17, 15) is 5.11 Å². The zero-order valence-electron chi connectivity index (χ0n) is 13.0. The third kappa shape index (κ3) is 1.43. The van der Waals surface area contributed by atoms with E-state index in [0.29, 0.717) is 11.7 Å². The zero-order valence-corrected chi connectivity index (χ0v) is 13.0. The quantitative estimate of drug-likeness (QED) is 0.758. The maximum Gasteiger partial charge on any atom is 0.121 e. The van der Waals surface area contributed by atoms with Crippen LogP contribution in [-0.2, 0) is 6.42 Å². The summed E-state index contributed by atoms with van der Waals surface area (Å²) in [6, 6.07) is 8.58. The summed E-state index contributed by atoms with van der Waals surface area (Å²) in [5.74, 6) is 0.814. The number of hydrogen-bond acceptors (Lipinski definition) is 2. The van der Waals surface area contributed by atoms with Crippen molar-refractivity contribution in [2.24, 2.45) is 0 Å². The third-order valence-corrected chi connectivity index (χ3v) is 5.62. The Bertz CT molecular complexity index is 778. The molecule has 2 aromatic carbocycles. The molecule has 1 aliphatic carbocycles. The molecule has 0 saturated carbocycles. The fourth-order valence-corrected chi connectivity index (χ4v) is 4.43. The van der Waals surface area contributed by atoms with Gasteiger partial charge < -0.3 is 10.4 Å². The van der Waals surface area contributed by atoms with Gasteiger partial charge in [-0.2, -0.15) is 0 Å². The largest absolute Gasteiger partial charge is 0.507 e. The smallest absolute Gasteiger partial charge is 0.121 e. The molecule has 0 bridgehead atoms. The highest BCUT2D eigenvalue weighted by Gasteiger charge is 2.50. The van der Waals surface area contributed by atoms with Crippen LogP contribution in [0.3, 0.4) is 0 Å². The number of phenolic OH excluding ortho intramolecular Hbond substituents is 1. The average molecular weight is 279 g/mol. The molecular formula is C19H21NO. The Morgan fingerprint density at radius 2 is 1.81 bits per heavy atom. The van der Waals surface area contributed by atoms with E-state index < -0.39 is 0 Å². The van der Waals surface area contributed by atoms with E-state index in [-0.39, 0.29) is 5.54 Å². The van der Waals surface area contributed by atoms with Crippen LogP contribution < -0.4 is 5.32 Å². The number of nitrogens with one attached hydrogen (secondary N) is 1. The number of para-hydroxylation sites is 1. The summed E-state index contributed by atoms with van der Waals surface area (Å²) in [4.78, 5) is 0. The van der Waals surface area contributed by atoms with Crippen molar-refractivity contribution in [1.29, 1.82) is 0 Å². The minimum atomic E-state index is 0.0295. The molecule has 2 atom stereocenters. The van der Waals surface area contributed by atoms with E-state index in [1.54, 1.807) is 0 Å². The number of hydrogen-bond donors (Lipinski definition) is 2. The molecule has 108 valence electrons. The molecule has 2 N–H and O–H groups in total. The van der Waals surface area contributed by atoms with Gasteiger partial charge in [-0.25, -0.2) is 0 Å². The lowest BCUT2D eigenvalue weighted by molar-refractivity contribution is 0.464. The third-order valence-electron chi connectivity index (χ3n) is 5.62. The molecule has 2 aromatic rings. The Balaban J connectivity index is 2.05. The molecule has 2 aliphatic rings. The molecule has 0 aromatic heterocycles. The van der Waals surface area contributed by atoms with E-state index in [1.807, 2.05) is 6.92 Å². The van der Waals surface area contributed by atoms with Gasteiger partial charge in [0, 0.05) is 17.1 Å². The maximum absolute atomic E-state index is 10.5. The van der Waals surface area contributed by atoms with Crippen LogP contribution in [0.1, 0.15) is 46.2 Å². The Hall–Kier alpha value is -1.96. The van der Waals surface area contributed by atoms with Crippen LogP contribution in [0.5, 0.6) is 5.75 Å². The van der Waals surface area contributed by atoms with Crippen LogP contribution in [0, 0.1) is 20.8 Å². The average Bonchev–Trinajstić information content (AvgIpc) is 2.91. The highest BCUT2D eigenvalue weighted by molar-refractivity contribution is 5.71. The van der Waals surface area contributed by atoms with E-state index in [2.05, 4.69) is 50.4 Å². The molecule has 0 spiro atoms. The van der Waals surface area contributed by atoms with Gasteiger partial charge in [-0.3, -0.25) is 0 Å². The van der Waals surface area contributed by atoms with Crippen LogP contribution in [0.25, 0.3) is 0 Å². The highest BCUT2D eigenvalue weighted by Crippen LogP contribution is 2.56. The van der Waals surface area contributed by atoms with Gasteiger partial charge in [0.1, 0.15) is 5.75 Å². The SMILES string of the molecule is Cc1c(C)c2c(c(C)c1O)[C@H]1c3ccccc3N[C@@]1(C)C2. The molecular weight excluding hydrogens is 258 g/mol. The summed E-state index contributed by atoms with van der Waals surface area (Å²) in [7, 11) is 0. The molecule has 0 fully saturated rings. The van der Waals surface area contributed by atoms with Gasteiger partial charge in [-0.1, -0.05) is 18.2 Å². The van der Waals surface area contributed by atoms with Gasteiger partial charge in [-0.15, -0.1) is 0 Å². The topological polar surface area (TPSA) is 32.3 Å². The fourth-order valence-electron chi connectivity index (χ4n) is 4.43. The first-order chi connectivity index (χ1) is 9.94. The summed E-state index contributed by atoms with van der Waals surface area (Å²) >= 11 is 0. The second kappa shape index (κ2) is 3.82. The summed E-state index contributed by atoms with van der Waals surface area (Å²) in [5.41, 5.74) is 8.75. The number of fused-ring (bicyclic) bond motifs is 5. The minimum absolute atomic E-state index is 0.0295. The van der Waals surface area contributed by atoms with Gasteiger partial charge in [0.05, 0.1) is 0 Å². The van der Waals surface area contributed by atoms with E-state index >= 15 is 0 Å². The lowest BCUT2D eigenvalue weighted by Crippen LogP contribution is -2.34. The van der Waals surface area contributed by atoms with E-state index in [4.69, 9.17) is 0 Å². The zero-order chi connectivity index (χ0) is 14.9. The van der Waals surface area contributed by atoms with Crippen LogP contribution in [-0.4, -0.2) is 10.6 Å². The monoisotopic (exact) mass is 279 g/mol.